The Balaban J connectivity index is 1.59. The minimum absolute atomic E-state index is 0.00487. The van der Waals surface area contributed by atoms with Crippen LogP contribution < -0.4 is 5.32 Å². The Morgan fingerprint density at radius 1 is 1.52 bits per heavy atom. The highest BCUT2D eigenvalue weighted by atomic mass is 79.9. The first kappa shape index (κ1) is 19.7. The number of hydroxylamine groups is 2. The van der Waals surface area contributed by atoms with Crippen LogP contribution >= 0.6 is 15.9 Å². The van der Waals surface area contributed by atoms with Gasteiger partial charge >= 0.3 is 6.03 Å². The van der Waals surface area contributed by atoms with Crippen LogP contribution in [0.3, 0.4) is 0 Å². The summed E-state index contributed by atoms with van der Waals surface area (Å²) in [6.07, 6.45) is 1.23. The molecule has 3 amide bonds. The topological polar surface area (TPSA) is 113 Å². The maximum atomic E-state index is 14.1. The number of aliphatic hydroxyl groups excluding tert-OH is 1. The summed E-state index contributed by atoms with van der Waals surface area (Å²) < 4.78 is 15.6. The lowest BCUT2D eigenvalue weighted by Crippen LogP contribution is -2.40. The Morgan fingerprint density at radius 3 is 3.07 bits per heavy atom. The summed E-state index contributed by atoms with van der Waals surface area (Å²) in [6.45, 7) is 0.474. The predicted molar refractivity (Wildman–Crippen MR) is 101 cm³/mol. The number of pyridine rings is 1. The second kappa shape index (κ2) is 7.69. The highest BCUT2D eigenvalue weighted by molar-refractivity contribution is 9.10. The van der Waals surface area contributed by atoms with Crippen LogP contribution in [0.2, 0.25) is 0 Å². The largest absolute Gasteiger partial charge is 0.393 e. The van der Waals surface area contributed by atoms with Crippen LogP contribution in [0.5, 0.6) is 0 Å². The molecule has 2 aliphatic heterocycles. The SMILES string of the molecule is CN1OC(CO)Cn2nc3c(c2C1=O)CN(C(=O)Nc1ccnc(Br)c1F)CC3. The number of fused-ring (bicyclic) bond motifs is 3. The van der Waals surface area contributed by atoms with Gasteiger partial charge in [-0.2, -0.15) is 5.10 Å². The van der Waals surface area contributed by atoms with Crippen LogP contribution in [0.4, 0.5) is 14.9 Å². The zero-order valence-corrected chi connectivity index (χ0v) is 17.0. The predicted octanol–water partition coefficient (Wildman–Crippen LogP) is 1.15. The molecule has 10 nitrogen and oxygen atoms in total. The first-order valence-corrected chi connectivity index (χ1v) is 9.68. The van der Waals surface area contributed by atoms with Crippen molar-refractivity contribution in [1.82, 2.24) is 24.7 Å². The van der Waals surface area contributed by atoms with Crippen molar-refractivity contribution in [3.05, 3.63) is 39.6 Å². The van der Waals surface area contributed by atoms with Gasteiger partial charge in [0.1, 0.15) is 16.4 Å². The molecule has 0 fully saturated rings. The Bertz CT molecular complexity index is 983. The molecule has 2 N–H and O–H groups in total. The number of aromatic nitrogens is 3. The summed E-state index contributed by atoms with van der Waals surface area (Å²) in [5, 5.41) is 17.5. The van der Waals surface area contributed by atoms with Gasteiger partial charge in [0.25, 0.3) is 5.91 Å². The number of nitrogens with one attached hydrogen (secondary N) is 1. The summed E-state index contributed by atoms with van der Waals surface area (Å²) in [5.41, 5.74) is 1.68. The van der Waals surface area contributed by atoms with Gasteiger partial charge in [-0.15, -0.1) is 0 Å². The van der Waals surface area contributed by atoms with E-state index in [4.69, 9.17) is 4.84 Å². The van der Waals surface area contributed by atoms with Crippen molar-refractivity contribution in [2.45, 2.75) is 25.6 Å². The second-order valence-electron chi connectivity index (χ2n) is 6.73. The van der Waals surface area contributed by atoms with E-state index in [0.717, 1.165) is 10.8 Å². The minimum atomic E-state index is -0.665. The number of amides is 3. The van der Waals surface area contributed by atoms with Crippen molar-refractivity contribution < 1.29 is 23.9 Å². The third-order valence-corrected chi connectivity index (χ3v) is 5.41. The van der Waals surface area contributed by atoms with Crippen molar-refractivity contribution >= 4 is 33.6 Å². The van der Waals surface area contributed by atoms with E-state index in [-0.39, 0.29) is 30.0 Å². The molecule has 2 aromatic rings. The lowest BCUT2D eigenvalue weighted by molar-refractivity contribution is -0.159. The molecule has 0 saturated heterocycles. The number of halogens is 2. The average molecular weight is 469 g/mol. The van der Waals surface area contributed by atoms with Crippen LogP contribution in [0.25, 0.3) is 0 Å². The quantitative estimate of drug-likeness (QED) is 0.639. The van der Waals surface area contributed by atoms with E-state index in [1.807, 2.05) is 0 Å². The molecule has 4 heterocycles. The Labute approximate surface area is 173 Å². The van der Waals surface area contributed by atoms with Crippen molar-refractivity contribution in [1.29, 1.82) is 0 Å². The molecule has 0 aromatic carbocycles. The smallest absolute Gasteiger partial charge is 0.322 e. The van der Waals surface area contributed by atoms with E-state index in [1.165, 1.54) is 28.9 Å². The zero-order valence-electron chi connectivity index (χ0n) is 15.4. The fourth-order valence-corrected chi connectivity index (χ4v) is 3.75. The van der Waals surface area contributed by atoms with E-state index in [0.29, 0.717) is 24.2 Å². The highest BCUT2D eigenvalue weighted by Gasteiger charge is 2.35. The lowest BCUT2D eigenvalue weighted by Gasteiger charge is -2.27. The normalized spacial score (nSPS) is 18.9. The van der Waals surface area contributed by atoms with Gasteiger partial charge in [-0.3, -0.25) is 14.3 Å². The molecule has 2 aliphatic rings. The van der Waals surface area contributed by atoms with Gasteiger partial charge in [0, 0.05) is 31.8 Å². The number of nitrogens with zero attached hydrogens (tertiary/aromatic N) is 5. The van der Waals surface area contributed by atoms with Crippen LogP contribution in [0, 0.1) is 5.82 Å². The minimum Gasteiger partial charge on any atom is -0.393 e. The molecule has 0 aliphatic carbocycles. The molecule has 0 spiro atoms. The molecular formula is C17H18BrFN6O4. The molecule has 1 atom stereocenters. The Hall–Kier alpha value is -2.57. The molecule has 12 heteroatoms. The first-order valence-electron chi connectivity index (χ1n) is 8.89. The highest BCUT2D eigenvalue weighted by Crippen LogP contribution is 2.27. The molecule has 0 saturated carbocycles. The number of hydrogen-bond acceptors (Lipinski definition) is 6. The molecular weight excluding hydrogens is 451 g/mol. The van der Waals surface area contributed by atoms with Gasteiger partial charge in [0.2, 0.25) is 0 Å². The average Bonchev–Trinajstić information content (AvgIpc) is 3.01. The van der Waals surface area contributed by atoms with Crippen molar-refractivity contribution in [2.75, 3.05) is 25.5 Å². The van der Waals surface area contributed by atoms with Gasteiger partial charge in [-0.25, -0.2) is 19.2 Å². The van der Waals surface area contributed by atoms with E-state index in [1.54, 1.807) is 0 Å². The van der Waals surface area contributed by atoms with Gasteiger partial charge in [0.15, 0.2) is 5.82 Å². The van der Waals surface area contributed by atoms with Crippen molar-refractivity contribution in [3.8, 4) is 0 Å². The van der Waals surface area contributed by atoms with Crippen LogP contribution in [-0.4, -0.2) is 68.1 Å². The third-order valence-electron chi connectivity index (χ3n) is 4.85. The lowest BCUT2D eigenvalue weighted by atomic mass is 10.1. The number of hydrogen-bond donors (Lipinski definition) is 2. The van der Waals surface area contributed by atoms with E-state index < -0.39 is 23.9 Å². The number of carbonyl (C=O) groups is 2. The second-order valence-corrected chi connectivity index (χ2v) is 7.48. The van der Waals surface area contributed by atoms with E-state index >= 15 is 0 Å². The van der Waals surface area contributed by atoms with Gasteiger partial charge in [-0.1, -0.05) is 0 Å². The Kier molecular flexibility index (Phi) is 5.23. The van der Waals surface area contributed by atoms with E-state index in [9.17, 15) is 19.1 Å². The number of anilines is 1. The number of rotatable bonds is 2. The maximum absolute atomic E-state index is 14.1. The molecule has 154 valence electrons. The monoisotopic (exact) mass is 468 g/mol. The molecule has 0 bridgehead atoms. The first-order chi connectivity index (χ1) is 13.9. The maximum Gasteiger partial charge on any atom is 0.322 e. The fourth-order valence-electron chi connectivity index (χ4n) is 3.42. The summed E-state index contributed by atoms with van der Waals surface area (Å²) >= 11 is 2.99. The van der Waals surface area contributed by atoms with Gasteiger partial charge in [-0.05, 0) is 22.0 Å². The Morgan fingerprint density at radius 2 is 2.31 bits per heavy atom. The summed E-state index contributed by atoms with van der Waals surface area (Å²) in [5.74, 6) is -1.07. The summed E-state index contributed by atoms with van der Waals surface area (Å²) in [4.78, 5) is 36.1. The fraction of sp³-hybridized carbons (Fsp3) is 0.412. The van der Waals surface area contributed by atoms with Gasteiger partial charge < -0.3 is 15.3 Å². The van der Waals surface area contributed by atoms with Crippen molar-refractivity contribution in [2.24, 2.45) is 0 Å². The molecule has 2 aromatic heterocycles. The summed E-state index contributed by atoms with van der Waals surface area (Å²) in [6, 6.07) is 0.871. The van der Waals surface area contributed by atoms with Crippen LogP contribution in [0.1, 0.15) is 21.7 Å². The van der Waals surface area contributed by atoms with E-state index in [2.05, 4.69) is 31.3 Å². The van der Waals surface area contributed by atoms with Crippen LogP contribution in [-0.2, 0) is 24.3 Å². The number of urea groups is 1. The standard InChI is InChI=1S/C17H18BrFN6O4/c1-23-16(27)14-10-7-24(17(28)21-12-2-4-20-15(18)13(12)19)5-3-11(10)22-25(14)6-9(8-26)29-23/h2,4,9,26H,3,5-8H2,1H3,(H,20,21,28). The summed E-state index contributed by atoms with van der Waals surface area (Å²) in [7, 11) is 1.47. The third kappa shape index (κ3) is 3.58. The molecule has 1 unspecified atom stereocenters. The molecule has 0 radical (unpaired) electrons. The number of aliphatic hydroxyl groups is 1. The number of carbonyl (C=O) groups excluding carboxylic acids is 2. The van der Waals surface area contributed by atoms with Crippen molar-refractivity contribution in [3.63, 3.8) is 0 Å². The zero-order chi connectivity index (χ0) is 20.7. The molecule has 29 heavy (non-hydrogen) atoms. The van der Waals surface area contributed by atoms with Crippen LogP contribution in [0.15, 0.2) is 16.9 Å². The molecule has 4 rings (SSSR count). The van der Waals surface area contributed by atoms with Gasteiger partial charge in [0.05, 0.1) is 31.1 Å².